The van der Waals surface area contributed by atoms with Crippen LogP contribution in [0, 0.1) is 0 Å². The smallest absolute Gasteiger partial charge is 0.244 e. The number of nitrogens with one attached hydrogen (secondary N) is 1. The standard InChI is InChI=1S/C48H42N7O5/c56-38-13-15-41-40(42-16-14-39(57)28-44(42)60-43(41)27-38)17-18-47(58)53-24-19-33-25-34(29-54(45-11-3-7-22-51-45)31-36-9-1-5-20-49-36)48(59)35(26-33)30-55(46-12-4-8-23-52-46)32-37-10-2-6-21-50-37/h1-18,20-22,25-28,59H,19,23-24,29-32H2,(H,53,58)(H,56,57)/q-1/b18-17+. The van der Waals surface area contributed by atoms with Crippen molar-refractivity contribution < 1.29 is 19.4 Å². The highest BCUT2D eigenvalue weighted by Gasteiger charge is 2.19. The van der Waals surface area contributed by atoms with Gasteiger partial charge in [-0.1, -0.05) is 54.4 Å². The van der Waals surface area contributed by atoms with Gasteiger partial charge in [-0.3, -0.25) is 19.6 Å². The molecule has 0 unspecified atom stereocenters. The van der Waals surface area contributed by atoms with E-state index in [1.54, 1.807) is 42.9 Å². The van der Waals surface area contributed by atoms with Crippen LogP contribution < -0.4 is 15.6 Å². The summed E-state index contributed by atoms with van der Waals surface area (Å²) in [5, 5.41) is 30.6. The van der Waals surface area contributed by atoms with E-state index in [1.165, 1.54) is 24.3 Å². The molecule has 5 aromatic rings. The zero-order valence-corrected chi connectivity index (χ0v) is 32.7. The van der Waals surface area contributed by atoms with E-state index < -0.39 is 0 Å². The lowest BCUT2D eigenvalue weighted by Gasteiger charge is -2.38. The van der Waals surface area contributed by atoms with E-state index in [4.69, 9.17) is 9.73 Å². The molecule has 1 amide bonds. The van der Waals surface area contributed by atoms with Crippen molar-refractivity contribution in [2.45, 2.75) is 32.6 Å². The first kappa shape index (κ1) is 39.1. The van der Waals surface area contributed by atoms with Crippen LogP contribution in [0.2, 0.25) is 0 Å². The second-order valence-corrected chi connectivity index (χ2v) is 14.3. The number of carbonyl (C=O) groups excluding carboxylic acids is 1. The molecule has 0 spiro atoms. The van der Waals surface area contributed by atoms with E-state index >= 15 is 0 Å². The molecule has 5 heterocycles. The Morgan fingerprint density at radius 3 is 2.20 bits per heavy atom. The fourth-order valence-corrected chi connectivity index (χ4v) is 7.22. The summed E-state index contributed by atoms with van der Waals surface area (Å²) in [5.74, 6) is 1.75. The molecular weight excluding hydrogens is 755 g/mol. The number of amides is 1. The number of fused-ring (bicyclic) bond motifs is 2. The second kappa shape index (κ2) is 18.2. The fourth-order valence-electron chi connectivity index (χ4n) is 7.22. The van der Waals surface area contributed by atoms with Crippen LogP contribution in [0.3, 0.4) is 0 Å². The van der Waals surface area contributed by atoms with Crippen LogP contribution in [0.4, 0.5) is 5.82 Å². The highest BCUT2D eigenvalue weighted by Crippen LogP contribution is 2.35. The number of pyridine rings is 3. The minimum atomic E-state index is -0.312. The van der Waals surface area contributed by atoms with Gasteiger partial charge in [-0.2, -0.15) is 0 Å². The first-order chi connectivity index (χ1) is 29.4. The molecule has 2 aromatic carbocycles. The first-order valence-electron chi connectivity index (χ1n) is 19.6. The largest absolute Gasteiger partial charge is 0.508 e. The van der Waals surface area contributed by atoms with Gasteiger partial charge in [-0.15, -0.1) is 0 Å². The normalized spacial score (nSPS) is 12.4. The van der Waals surface area contributed by atoms with Crippen LogP contribution in [-0.2, 0) is 37.4 Å². The minimum Gasteiger partial charge on any atom is -0.508 e. The number of nitrogens with zero attached hydrogens (tertiary/aromatic N) is 6. The summed E-state index contributed by atoms with van der Waals surface area (Å²) in [4.78, 5) is 43.4. The number of hydrogen-bond donors (Lipinski definition) is 3. The van der Waals surface area contributed by atoms with Gasteiger partial charge in [0.15, 0.2) is 5.43 Å². The van der Waals surface area contributed by atoms with Gasteiger partial charge in [0.2, 0.25) is 5.91 Å². The average Bonchev–Trinajstić information content (AvgIpc) is 3.27. The van der Waals surface area contributed by atoms with Crippen LogP contribution in [0.15, 0.2) is 161 Å². The molecule has 0 saturated carbocycles. The fraction of sp³-hybridized carbons (Fsp3) is 0.146. The average molecular weight is 797 g/mol. The molecular formula is C48H42N7O5-. The van der Waals surface area contributed by atoms with Gasteiger partial charge in [0, 0.05) is 72.1 Å². The van der Waals surface area contributed by atoms with E-state index in [9.17, 15) is 19.8 Å². The SMILES string of the molecule is O=C(/C=C/c1c2ccc(=O)cc-2oc2cc(O)ccc12)NCCc1cc(CN(Cc2ccccn2)C2=CC=CC[N-]2)c(O)c(CN(Cc2ccccn2)c2ccccn2)c1. The summed E-state index contributed by atoms with van der Waals surface area (Å²) >= 11 is 0. The zero-order chi connectivity index (χ0) is 41.3. The summed E-state index contributed by atoms with van der Waals surface area (Å²) in [6.07, 6.45) is 14.8. The molecule has 1 aliphatic carbocycles. The van der Waals surface area contributed by atoms with E-state index in [-0.39, 0.29) is 22.8 Å². The van der Waals surface area contributed by atoms with E-state index in [0.29, 0.717) is 84.7 Å². The van der Waals surface area contributed by atoms with Crippen LogP contribution in [0.1, 0.15) is 33.6 Å². The summed E-state index contributed by atoms with van der Waals surface area (Å²) < 4.78 is 5.92. The Kier molecular flexibility index (Phi) is 11.9. The van der Waals surface area contributed by atoms with Crippen LogP contribution in [0.5, 0.6) is 11.5 Å². The van der Waals surface area contributed by atoms with Gasteiger partial charge >= 0.3 is 0 Å². The maximum absolute atomic E-state index is 13.3. The van der Waals surface area contributed by atoms with Crippen molar-refractivity contribution in [2.24, 2.45) is 0 Å². The van der Waals surface area contributed by atoms with Crippen molar-refractivity contribution in [3.8, 4) is 22.8 Å². The molecule has 3 aromatic heterocycles. The van der Waals surface area contributed by atoms with Gasteiger partial charge in [-0.25, -0.2) is 4.98 Å². The predicted molar refractivity (Wildman–Crippen MR) is 232 cm³/mol. The molecule has 3 aliphatic rings. The Labute approximate surface area is 346 Å². The van der Waals surface area contributed by atoms with Crippen molar-refractivity contribution in [2.75, 3.05) is 18.0 Å². The number of anilines is 1. The van der Waals surface area contributed by atoms with E-state index in [1.807, 2.05) is 85.0 Å². The van der Waals surface area contributed by atoms with Crippen molar-refractivity contribution >= 4 is 28.8 Å². The van der Waals surface area contributed by atoms with E-state index in [0.717, 1.165) is 28.6 Å². The molecule has 0 radical (unpaired) electrons. The number of aromatic hydroxyl groups is 2. The van der Waals surface area contributed by atoms with Crippen molar-refractivity contribution in [3.05, 3.63) is 201 Å². The van der Waals surface area contributed by atoms with Gasteiger partial charge in [-0.05, 0) is 109 Å². The van der Waals surface area contributed by atoms with Gasteiger partial charge in [0.05, 0.1) is 12.2 Å². The number of carbonyl (C=O) groups is 1. The summed E-state index contributed by atoms with van der Waals surface area (Å²) in [5.41, 5.74) is 5.56. The molecule has 0 fully saturated rings. The molecule has 2 aliphatic heterocycles. The van der Waals surface area contributed by atoms with Crippen molar-refractivity contribution in [1.82, 2.24) is 25.2 Å². The number of phenolic OH excluding ortho intramolecular Hbond substituents is 2. The van der Waals surface area contributed by atoms with Gasteiger partial charge in [0.1, 0.15) is 28.7 Å². The Hall–Kier alpha value is -7.73. The third kappa shape index (κ3) is 9.51. The molecule has 300 valence electrons. The number of phenols is 2. The van der Waals surface area contributed by atoms with Crippen molar-refractivity contribution in [3.63, 3.8) is 0 Å². The third-order valence-corrected chi connectivity index (χ3v) is 10.1. The number of benzene rings is 3. The predicted octanol–water partition coefficient (Wildman–Crippen LogP) is 7.86. The molecule has 0 atom stereocenters. The lowest BCUT2D eigenvalue weighted by atomic mass is 9.99. The van der Waals surface area contributed by atoms with Crippen LogP contribution in [0.25, 0.3) is 33.7 Å². The monoisotopic (exact) mass is 796 g/mol. The highest BCUT2D eigenvalue weighted by molar-refractivity contribution is 5.99. The maximum atomic E-state index is 13.3. The van der Waals surface area contributed by atoms with Gasteiger partial charge in [0.25, 0.3) is 0 Å². The maximum Gasteiger partial charge on any atom is 0.244 e. The third-order valence-electron chi connectivity index (χ3n) is 10.1. The number of allylic oxidation sites excluding steroid dienone is 2. The minimum absolute atomic E-state index is 0.0221. The van der Waals surface area contributed by atoms with Crippen molar-refractivity contribution in [1.29, 1.82) is 0 Å². The number of hydrogen-bond acceptors (Lipinski definition) is 10. The molecule has 12 nitrogen and oxygen atoms in total. The Balaban J connectivity index is 1.08. The Bertz CT molecular complexity index is 2720. The Morgan fingerprint density at radius 2 is 1.52 bits per heavy atom. The molecule has 0 saturated heterocycles. The molecule has 12 heteroatoms. The van der Waals surface area contributed by atoms with Gasteiger partial charge < -0.3 is 35.1 Å². The van der Waals surface area contributed by atoms with E-state index in [2.05, 4.69) is 30.1 Å². The summed E-state index contributed by atoms with van der Waals surface area (Å²) in [6.45, 7) is 2.49. The zero-order valence-electron chi connectivity index (χ0n) is 32.7. The lowest BCUT2D eigenvalue weighted by molar-refractivity contribution is -0.116. The highest BCUT2D eigenvalue weighted by atomic mass is 16.3. The quantitative estimate of drug-likeness (QED) is 0.0689. The number of rotatable bonds is 15. The summed E-state index contributed by atoms with van der Waals surface area (Å²) in [7, 11) is 0. The first-order valence-corrected chi connectivity index (χ1v) is 19.6. The number of aromatic nitrogens is 3. The second-order valence-electron chi connectivity index (χ2n) is 14.3. The topological polar surface area (TPSA) is 159 Å². The molecule has 0 bridgehead atoms. The summed E-state index contributed by atoms with van der Waals surface area (Å²) in [6, 6.07) is 30.6. The lowest BCUT2D eigenvalue weighted by Crippen LogP contribution is -2.26. The Morgan fingerprint density at radius 1 is 0.800 bits per heavy atom. The van der Waals surface area contributed by atoms with Crippen LogP contribution >= 0.6 is 0 Å². The molecule has 60 heavy (non-hydrogen) atoms. The van der Waals surface area contributed by atoms with Crippen LogP contribution in [-0.4, -0.2) is 49.1 Å². The molecule has 3 N–H and O–H groups in total. The molecule has 8 rings (SSSR count).